The van der Waals surface area contributed by atoms with Gasteiger partial charge in [0.2, 0.25) is 5.91 Å². The van der Waals surface area contributed by atoms with Crippen molar-refractivity contribution < 1.29 is 18.8 Å². The molecule has 2 aromatic rings. The number of hydrogen-bond donors (Lipinski definition) is 2. The van der Waals surface area contributed by atoms with E-state index in [2.05, 4.69) is 20.5 Å². The Morgan fingerprint density at radius 2 is 2.10 bits per heavy atom. The lowest BCUT2D eigenvalue weighted by atomic mass is 10.2. The van der Waals surface area contributed by atoms with E-state index >= 15 is 0 Å². The highest BCUT2D eigenvalue weighted by Crippen LogP contribution is 2.22. The van der Waals surface area contributed by atoms with Crippen molar-refractivity contribution in [2.45, 2.75) is 32.9 Å². The minimum Gasteiger partial charge on any atom is -0.306 e. The third-order valence-electron chi connectivity index (χ3n) is 4.94. The lowest BCUT2D eigenvalue weighted by Gasteiger charge is -2.25. The number of urea groups is 1. The number of hydroxylamine groups is 2. The molecule has 0 spiro atoms. The van der Waals surface area contributed by atoms with Gasteiger partial charge in [0.25, 0.3) is 0 Å². The molecule has 9 heteroatoms. The van der Waals surface area contributed by atoms with Gasteiger partial charge in [0.05, 0.1) is 30.7 Å². The molecule has 0 saturated carbocycles. The van der Waals surface area contributed by atoms with E-state index in [1.807, 2.05) is 6.92 Å². The van der Waals surface area contributed by atoms with Crippen molar-refractivity contribution in [3.8, 4) is 0 Å². The van der Waals surface area contributed by atoms with E-state index < -0.39 is 11.8 Å². The predicted molar refractivity (Wildman–Crippen MR) is 111 cm³/mol. The van der Waals surface area contributed by atoms with E-state index in [9.17, 15) is 14.0 Å². The molecule has 30 heavy (non-hydrogen) atoms. The predicted octanol–water partition coefficient (Wildman–Crippen LogP) is 3.16. The Morgan fingerprint density at radius 3 is 2.77 bits per heavy atom. The van der Waals surface area contributed by atoms with Gasteiger partial charge in [-0.3, -0.25) is 19.5 Å². The number of rotatable bonds is 6. The van der Waals surface area contributed by atoms with Crippen LogP contribution in [0.3, 0.4) is 0 Å². The van der Waals surface area contributed by atoms with Crippen LogP contribution >= 0.6 is 0 Å². The van der Waals surface area contributed by atoms with Crippen molar-refractivity contribution in [2.24, 2.45) is 0 Å². The summed E-state index contributed by atoms with van der Waals surface area (Å²) in [6.45, 7) is 5.35. The van der Waals surface area contributed by atoms with Gasteiger partial charge in [-0.1, -0.05) is 6.07 Å². The third kappa shape index (κ3) is 5.52. The Bertz CT molecular complexity index is 906. The maximum absolute atomic E-state index is 14.2. The number of hydrogen-bond acceptors (Lipinski definition) is 5. The minimum absolute atomic E-state index is 0.0144. The molecule has 0 aliphatic carbocycles. The summed E-state index contributed by atoms with van der Waals surface area (Å²) in [5.74, 6) is -0.648. The van der Waals surface area contributed by atoms with Gasteiger partial charge >= 0.3 is 6.03 Å². The van der Waals surface area contributed by atoms with Crippen molar-refractivity contribution in [1.82, 2.24) is 14.9 Å². The van der Waals surface area contributed by atoms with Crippen molar-refractivity contribution in [3.05, 3.63) is 53.6 Å². The second-order valence-corrected chi connectivity index (χ2v) is 7.29. The molecule has 0 radical (unpaired) electrons. The van der Waals surface area contributed by atoms with Gasteiger partial charge in [0, 0.05) is 32.3 Å². The van der Waals surface area contributed by atoms with E-state index in [4.69, 9.17) is 4.84 Å². The molecule has 1 aromatic carbocycles. The number of aryl methyl sites for hydroxylation is 1. The van der Waals surface area contributed by atoms with Crippen LogP contribution < -0.4 is 10.6 Å². The van der Waals surface area contributed by atoms with Crippen LogP contribution in [0.2, 0.25) is 0 Å². The second kappa shape index (κ2) is 9.64. The zero-order chi connectivity index (χ0) is 21.7. The van der Waals surface area contributed by atoms with E-state index in [0.717, 1.165) is 24.2 Å². The monoisotopic (exact) mass is 415 g/mol. The Labute approximate surface area is 175 Å². The van der Waals surface area contributed by atoms with Gasteiger partial charge in [-0.2, -0.15) is 0 Å². The highest BCUT2D eigenvalue weighted by molar-refractivity contribution is 5.99. The lowest BCUT2D eigenvalue weighted by Crippen LogP contribution is -2.39. The van der Waals surface area contributed by atoms with Crippen molar-refractivity contribution >= 4 is 23.3 Å². The Hall–Kier alpha value is -3.04. The summed E-state index contributed by atoms with van der Waals surface area (Å²) in [5, 5.41) is 6.57. The SMILES string of the molecule is CON(C(C)=O)[C@H]1CCN(Cc2ccc(F)c(NC(=O)Nc3ccc(C)nc3)c2)C1. The van der Waals surface area contributed by atoms with Gasteiger partial charge in [-0.25, -0.2) is 14.2 Å². The summed E-state index contributed by atoms with van der Waals surface area (Å²) in [4.78, 5) is 35.3. The van der Waals surface area contributed by atoms with Crippen LogP contribution in [-0.4, -0.2) is 53.1 Å². The van der Waals surface area contributed by atoms with Gasteiger partial charge in [0.1, 0.15) is 5.82 Å². The highest BCUT2D eigenvalue weighted by Gasteiger charge is 2.29. The Morgan fingerprint density at radius 1 is 1.30 bits per heavy atom. The van der Waals surface area contributed by atoms with E-state index in [1.54, 1.807) is 24.3 Å². The molecule has 3 rings (SSSR count). The summed E-state index contributed by atoms with van der Waals surface area (Å²) < 4.78 is 14.2. The fraction of sp³-hybridized carbons (Fsp3) is 0.381. The summed E-state index contributed by atoms with van der Waals surface area (Å²) in [5.41, 5.74) is 2.31. The number of aromatic nitrogens is 1. The second-order valence-electron chi connectivity index (χ2n) is 7.29. The number of nitrogens with one attached hydrogen (secondary N) is 2. The van der Waals surface area contributed by atoms with Crippen LogP contribution in [0.15, 0.2) is 36.5 Å². The number of nitrogens with zero attached hydrogens (tertiary/aromatic N) is 3. The maximum atomic E-state index is 14.2. The van der Waals surface area contributed by atoms with Crippen LogP contribution in [0.1, 0.15) is 24.6 Å². The van der Waals surface area contributed by atoms with E-state index in [0.29, 0.717) is 18.8 Å². The summed E-state index contributed by atoms with van der Waals surface area (Å²) in [7, 11) is 1.49. The number of halogens is 1. The zero-order valence-electron chi connectivity index (χ0n) is 17.3. The number of amides is 3. The molecular formula is C21H26FN5O3. The standard InChI is InChI=1S/C21H26FN5O3/c1-14-4-6-17(11-23-14)24-21(29)25-20-10-16(5-7-19(20)22)12-26-9-8-18(13-26)27(30-3)15(2)28/h4-7,10-11,18H,8-9,12-13H2,1-3H3,(H2,24,25,29)/t18-/m0/s1. The first-order valence-electron chi connectivity index (χ1n) is 9.71. The average Bonchev–Trinajstić information content (AvgIpc) is 3.14. The molecule has 1 aliphatic rings. The Kier molecular flexibility index (Phi) is 6.96. The van der Waals surface area contributed by atoms with Crippen LogP contribution in [0.5, 0.6) is 0 Å². The van der Waals surface area contributed by atoms with Crippen LogP contribution in [-0.2, 0) is 16.2 Å². The number of anilines is 2. The topological polar surface area (TPSA) is 86.8 Å². The molecule has 8 nitrogen and oxygen atoms in total. The van der Waals surface area contributed by atoms with Crippen LogP contribution in [0.4, 0.5) is 20.6 Å². The molecule has 1 aliphatic heterocycles. The van der Waals surface area contributed by atoms with Crippen molar-refractivity contribution in [1.29, 1.82) is 0 Å². The number of likely N-dealkylation sites (tertiary alicyclic amines) is 1. The lowest BCUT2D eigenvalue weighted by molar-refractivity contribution is -0.184. The molecule has 1 saturated heterocycles. The molecule has 160 valence electrons. The van der Waals surface area contributed by atoms with Crippen molar-refractivity contribution in [2.75, 3.05) is 30.8 Å². The highest BCUT2D eigenvalue weighted by atomic mass is 19.1. The molecule has 0 unspecified atom stereocenters. The quantitative estimate of drug-likeness (QED) is 0.708. The molecule has 1 atom stereocenters. The summed E-state index contributed by atoms with van der Waals surface area (Å²) >= 11 is 0. The largest absolute Gasteiger partial charge is 0.323 e. The van der Waals surface area contributed by atoms with E-state index in [-0.39, 0.29) is 17.6 Å². The fourth-order valence-electron chi connectivity index (χ4n) is 3.53. The smallest absolute Gasteiger partial charge is 0.306 e. The van der Waals surface area contributed by atoms with Crippen LogP contribution in [0.25, 0.3) is 0 Å². The van der Waals surface area contributed by atoms with Gasteiger partial charge in [-0.15, -0.1) is 0 Å². The first-order valence-corrected chi connectivity index (χ1v) is 9.71. The normalized spacial score (nSPS) is 16.3. The number of benzene rings is 1. The molecule has 2 N–H and O–H groups in total. The molecule has 1 aromatic heterocycles. The van der Waals surface area contributed by atoms with Gasteiger partial charge in [0.15, 0.2) is 0 Å². The Balaban J connectivity index is 1.60. The molecule has 3 amide bonds. The summed E-state index contributed by atoms with van der Waals surface area (Å²) in [6, 6.07) is 7.58. The molecule has 0 bridgehead atoms. The molecule has 2 heterocycles. The van der Waals surface area contributed by atoms with Gasteiger partial charge in [-0.05, 0) is 43.2 Å². The fourth-order valence-corrected chi connectivity index (χ4v) is 3.53. The number of carbonyl (C=O) groups excluding carboxylic acids is 2. The third-order valence-corrected chi connectivity index (χ3v) is 4.94. The van der Waals surface area contributed by atoms with Crippen molar-refractivity contribution in [3.63, 3.8) is 0 Å². The van der Waals surface area contributed by atoms with E-state index in [1.165, 1.54) is 31.4 Å². The number of carbonyl (C=O) groups is 2. The van der Waals surface area contributed by atoms with Gasteiger partial charge < -0.3 is 10.6 Å². The zero-order valence-corrected chi connectivity index (χ0v) is 17.3. The number of pyridine rings is 1. The molecular weight excluding hydrogens is 389 g/mol. The minimum atomic E-state index is -0.546. The molecule has 1 fully saturated rings. The van der Waals surface area contributed by atoms with Crippen LogP contribution in [0, 0.1) is 12.7 Å². The summed E-state index contributed by atoms with van der Waals surface area (Å²) in [6.07, 6.45) is 2.34. The first kappa shape index (κ1) is 21.7. The average molecular weight is 415 g/mol. The maximum Gasteiger partial charge on any atom is 0.323 e. The first-order chi connectivity index (χ1) is 14.4.